The van der Waals surface area contributed by atoms with Crippen molar-refractivity contribution in [3.63, 3.8) is 0 Å². The molecule has 5 heteroatoms. The lowest BCUT2D eigenvalue weighted by molar-refractivity contribution is -0.131. The normalized spacial score (nSPS) is 10.5. The van der Waals surface area contributed by atoms with Gasteiger partial charge in [-0.25, -0.2) is 4.79 Å². The number of nitrogens with one attached hydrogen (secondary N) is 2. The summed E-state index contributed by atoms with van der Waals surface area (Å²) in [5, 5.41) is 14.2. The summed E-state index contributed by atoms with van der Waals surface area (Å²) < 4.78 is 0. The predicted molar refractivity (Wildman–Crippen MR) is 70.3 cm³/mol. The molecule has 1 rings (SSSR count). The summed E-state index contributed by atoms with van der Waals surface area (Å²) >= 11 is 0. The number of carboxylic acids is 1. The fourth-order valence-electron chi connectivity index (χ4n) is 1.33. The number of likely N-dealkylation sites (N-methyl/N-ethyl adjacent to an activating group) is 1. The van der Waals surface area contributed by atoms with Crippen molar-refractivity contribution in [1.29, 1.82) is 0 Å². The molecule has 0 fully saturated rings. The van der Waals surface area contributed by atoms with Crippen LogP contribution in [0.3, 0.4) is 0 Å². The van der Waals surface area contributed by atoms with Gasteiger partial charge in [-0.3, -0.25) is 4.79 Å². The van der Waals surface area contributed by atoms with Crippen LogP contribution >= 0.6 is 0 Å². The topological polar surface area (TPSA) is 78.4 Å². The third-order valence-electron chi connectivity index (χ3n) is 2.12. The number of aliphatic carboxylic acids is 1. The Labute approximate surface area is 106 Å². The van der Waals surface area contributed by atoms with Crippen molar-refractivity contribution in [2.75, 3.05) is 18.4 Å². The van der Waals surface area contributed by atoms with Gasteiger partial charge in [-0.05, 0) is 30.3 Å². The van der Waals surface area contributed by atoms with E-state index >= 15 is 0 Å². The highest BCUT2D eigenvalue weighted by Crippen LogP contribution is 2.11. The molecule has 0 unspecified atom stereocenters. The monoisotopic (exact) mass is 248 g/mol. The molecule has 0 bridgehead atoms. The molecular weight excluding hydrogens is 232 g/mol. The first kappa shape index (κ1) is 13.9. The average Bonchev–Trinajstić information content (AvgIpc) is 2.34. The number of carbonyl (C=O) groups excluding carboxylic acids is 1. The van der Waals surface area contributed by atoms with E-state index in [0.29, 0.717) is 5.69 Å². The van der Waals surface area contributed by atoms with Crippen molar-refractivity contribution in [1.82, 2.24) is 5.32 Å². The van der Waals surface area contributed by atoms with Crippen LogP contribution in [0.1, 0.15) is 12.5 Å². The summed E-state index contributed by atoms with van der Waals surface area (Å²) in [4.78, 5) is 21.9. The molecule has 0 saturated heterocycles. The predicted octanol–water partition coefficient (Wildman–Crippen LogP) is 1.33. The van der Waals surface area contributed by atoms with Crippen LogP contribution in [0.5, 0.6) is 0 Å². The Morgan fingerprint density at radius 3 is 2.83 bits per heavy atom. The van der Waals surface area contributed by atoms with Crippen molar-refractivity contribution in [2.24, 2.45) is 0 Å². The van der Waals surface area contributed by atoms with E-state index < -0.39 is 5.97 Å². The van der Waals surface area contributed by atoms with E-state index in [9.17, 15) is 9.59 Å². The number of hydrogen-bond donors (Lipinski definition) is 3. The van der Waals surface area contributed by atoms with Gasteiger partial charge in [0.1, 0.15) is 0 Å². The summed E-state index contributed by atoms with van der Waals surface area (Å²) in [7, 11) is 0. The minimum absolute atomic E-state index is 0.129. The first-order valence-corrected chi connectivity index (χ1v) is 5.63. The standard InChI is InChI=1S/C13H16N2O3/c1-2-14-9-12(16)15-11-5-3-4-10(8-11)6-7-13(17)18/h3-8,14H,2,9H2,1H3,(H,15,16)(H,17,18)/b7-6+. The second-order valence-electron chi connectivity index (χ2n) is 3.63. The van der Waals surface area contributed by atoms with Gasteiger partial charge in [0.2, 0.25) is 5.91 Å². The van der Waals surface area contributed by atoms with Crippen LogP contribution in [0.15, 0.2) is 30.3 Å². The quantitative estimate of drug-likeness (QED) is 0.664. The zero-order chi connectivity index (χ0) is 13.4. The number of anilines is 1. The maximum atomic E-state index is 11.5. The highest BCUT2D eigenvalue weighted by Gasteiger charge is 2.01. The van der Waals surface area contributed by atoms with Crippen molar-refractivity contribution in [2.45, 2.75) is 6.92 Å². The highest BCUT2D eigenvalue weighted by atomic mass is 16.4. The molecule has 1 aromatic carbocycles. The van der Waals surface area contributed by atoms with E-state index in [2.05, 4.69) is 10.6 Å². The Balaban J connectivity index is 2.64. The van der Waals surface area contributed by atoms with Crippen LogP contribution < -0.4 is 10.6 Å². The van der Waals surface area contributed by atoms with Crippen LogP contribution in [-0.4, -0.2) is 30.1 Å². The lowest BCUT2D eigenvalue weighted by Crippen LogP contribution is -2.27. The van der Waals surface area contributed by atoms with Gasteiger partial charge in [0, 0.05) is 11.8 Å². The molecule has 0 aromatic heterocycles. The number of carboxylic acid groups (broad SMARTS) is 1. The molecule has 96 valence electrons. The van der Waals surface area contributed by atoms with Gasteiger partial charge in [-0.2, -0.15) is 0 Å². The molecule has 1 aromatic rings. The van der Waals surface area contributed by atoms with Gasteiger partial charge >= 0.3 is 5.97 Å². The largest absolute Gasteiger partial charge is 0.478 e. The number of hydrogen-bond acceptors (Lipinski definition) is 3. The van der Waals surface area contributed by atoms with E-state index in [1.165, 1.54) is 6.08 Å². The number of carbonyl (C=O) groups is 2. The minimum atomic E-state index is -1.00. The van der Waals surface area contributed by atoms with Crippen molar-refractivity contribution in [3.8, 4) is 0 Å². The first-order chi connectivity index (χ1) is 8.61. The van der Waals surface area contributed by atoms with E-state index in [0.717, 1.165) is 18.2 Å². The molecule has 0 aliphatic rings. The van der Waals surface area contributed by atoms with E-state index in [-0.39, 0.29) is 12.5 Å². The lowest BCUT2D eigenvalue weighted by atomic mass is 10.2. The van der Waals surface area contributed by atoms with Crippen molar-refractivity contribution >= 4 is 23.6 Å². The number of benzene rings is 1. The molecule has 0 spiro atoms. The number of amides is 1. The SMILES string of the molecule is CCNCC(=O)Nc1cccc(/C=C/C(=O)O)c1. The molecule has 0 atom stereocenters. The number of rotatable bonds is 6. The molecule has 0 radical (unpaired) electrons. The first-order valence-electron chi connectivity index (χ1n) is 5.63. The van der Waals surface area contributed by atoms with Crippen molar-refractivity contribution < 1.29 is 14.7 Å². The average molecular weight is 248 g/mol. The van der Waals surface area contributed by atoms with E-state index in [1.54, 1.807) is 24.3 Å². The van der Waals surface area contributed by atoms with Crippen LogP contribution in [0.4, 0.5) is 5.69 Å². The molecule has 0 aliphatic carbocycles. The molecule has 18 heavy (non-hydrogen) atoms. The third kappa shape index (κ3) is 5.27. The Morgan fingerprint density at radius 1 is 1.39 bits per heavy atom. The Hall–Kier alpha value is -2.14. The van der Waals surface area contributed by atoms with Gasteiger partial charge in [0.05, 0.1) is 6.54 Å². The smallest absolute Gasteiger partial charge is 0.328 e. The summed E-state index contributed by atoms with van der Waals surface area (Å²) in [5.74, 6) is -1.13. The van der Waals surface area contributed by atoms with E-state index in [1.807, 2.05) is 6.92 Å². The van der Waals surface area contributed by atoms with Crippen LogP contribution in [0, 0.1) is 0 Å². The molecule has 5 nitrogen and oxygen atoms in total. The molecule has 0 heterocycles. The summed E-state index contributed by atoms with van der Waals surface area (Å²) in [6.45, 7) is 2.91. The lowest BCUT2D eigenvalue weighted by Gasteiger charge is -2.06. The van der Waals surface area contributed by atoms with Gasteiger partial charge in [0.15, 0.2) is 0 Å². The second kappa shape index (κ2) is 7.24. The Kier molecular flexibility index (Phi) is 5.60. The molecular formula is C13H16N2O3. The molecule has 3 N–H and O–H groups in total. The van der Waals surface area contributed by atoms with Crippen molar-refractivity contribution in [3.05, 3.63) is 35.9 Å². The van der Waals surface area contributed by atoms with Gasteiger partial charge in [-0.15, -0.1) is 0 Å². The fourth-order valence-corrected chi connectivity index (χ4v) is 1.33. The van der Waals surface area contributed by atoms with Crippen LogP contribution in [0.2, 0.25) is 0 Å². The zero-order valence-corrected chi connectivity index (χ0v) is 10.1. The second-order valence-corrected chi connectivity index (χ2v) is 3.63. The zero-order valence-electron chi connectivity index (χ0n) is 10.1. The maximum absolute atomic E-state index is 11.5. The summed E-state index contributed by atoms with van der Waals surface area (Å²) in [5.41, 5.74) is 1.36. The van der Waals surface area contributed by atoms with Gasteiger partial charge in [0.25, 0.3) is 0 Å². The summed E-state index contributed by atoms with van der Waals surface area (Å²) in [6.07, 6.45) is 2.53. The molecule has 0 saturated carbocycles. The van der Waals surface area contributed by atoms with Gasteiger partial charge in [-0.1, -0.05) is 19.1 Å². The van der Waals surface area contributed by atoms with E-state index in [4.69, 9.17) is 5.11 Å². The fraction of sp³-hybridized carbons (Fsp3) is 0.231. The van der Waals surface area contributed by atoms with Crippen LogP contribution in [0.25, 0.3) is 6.08 Å². The minimum Gasteiger partial charge on any atom is -0.478 e. The summed E-state index contributed by atoms with van der Waals surface area (Å²) in [6, 6.07) is 6.98. The molecule has 1 amide bonds. The highest BCUT2D eigenvalue weighted by molar-refractivity contribution is 5.92. The maximum Gasteiger partial charge on any atom is 0.328 e. The van der Waals surface area contributed by atoms with Gasteiger partial charge < -0.3 is 15.7 Å². The third-order valence-corrected chi connectivity index (χ3v) is 2.12. The molecule has 0 aliphatic heterocycles. The Bertz CT molecular complexity index is 455. The van der Waals surface area contributed by atoms with Crippen LogP contribution in [-0.2, 0) is 9.59 Å². The Morgan fingerprint density at radius 2 is 2.17 bits per heavy atom.